The van der Waals surface area contributed by atoms with Gasteiger partial charge in [0.2, 0.25) is 0 Å². The lowest BCUT2D eigenvalue weighted by molar-refractivity contribution is 0.0916. The molecule has 0 N–H and O–H groups in total. The van der Waals surface area contributed by atoms with Gasteiger partial charge in [-0.1, -0.05) is 37.0 Å². The Bertz CT molecular complexity index is 706. The van der Waals surface area contributed by atoms with Crippen LogP contribution in [-0.4, -0.2) is 10.8 Å². The minimum absolute atomic E-state index is 0.0147. The molecule has 0 aliphatic heterocycles. The molecule has 0 bridgehead atoms. The Morgan fingerprint density at radius 1 is 1.25 bits per heavy atom. The van der Waals surface area contributed by atoms with Crippen LogP contribution >= 0.6 is 34.5 Å². The number of rotatable bonds is 1. The fourth-order valence-corrected chi connectivity index (χ4v) is 4.11. The summed E-state index contributed by atoms with van der Waals surface area (Å²) in [6.07, 6.45) is 1.41. The molecule has 0 saturated heterocycles. The molecule has 5 heteroatoms. The molecular formula is C15H13Cl2NOS. The van der Waals surface area contributed by atoms with E-state index in [1.807, 2.05) is 6.07 Å². The molecule has 0 atom stereocenters. The van der Waals surface area contributed by atoms with Crippen molar-refractivity contribution < 1.29 is 4.79 Å². The summed E-state index contributed by atoms with van der Waals surface area (Å²) in [5, 5.41) is 1.95. The van der Waals surface area contributed by atoms with E-state index in [4.69, 9.17) is 23.2 Å². The zero-order chi connectivity index (χ0) is 14.5. The highest BCUT2D eigenvalue weighted by Gasteiger charge is 2.34. The van der Waals surface area contributed by atoms with E-state index in [1.54, 1.807) is 12.1 Å². The summed E-state index contributed by atoms with van der Waals surface area (Å²) in [6, 6.07) is 5.34. The van der Waals surface area contributed by atoms with Gasteiger partial charge in [-0.05, 0) is 30.0 Å². The maximum Gasteiger partial charge on any atom is 0.175 e. The van der Waals surface area contributed by atoms with Crippen LogP contribution in [-0.2, 0) is 6.42 Å². The third-order valence-corrected chi connectivity index (χ3v) is 5.12. The summed E-state index contributed by atoms with van der Waals surface area (Å²) in [5.74, 6) is 0.185. The van der Waals surface area contributed by atoms with Crippen molar-refractivity contribution in [2.75, 3.05) is 0 Å². The maximum absolute atomic E-state index is 12.2. The second kappa shape index (κ2) is 4.83. The Balaban J connectivity index is 2.08. The summed E-state index contributed by atoms with van der Waals surface area (Å²) < 4.78 is 0. The fourth-order valence-electron chi connectivity index (χ4n) is 2.50. The summed E-state index contributed by atoms with van der Waals surface area (Å²) in [6.45, 7) is 4.20. The van der Waals surface area contributed by atoms with Crippen molar-refractivity contribution in [1.82, 2.24) is 4.98 Å². The second-order valence-electron chi connectivity index (χ2n) is 5.86. The van der Waals surface area contributed by atoms with Crippen LogP contribution in [0.15, 0.2) is 18.2 Å². The SMILES string of the molecule is CC1(C)CC(=O)c2sc(-c3ccc(Cl)cc3Cl)nc2C1. The first-order valence-electron chi connectivity index (χ1n) is 6.34. The van der Waals surface area contributed by atoms with Gasteiger partial charge in [-0.2, -0.15) is 0 Å². The van der Waals surface area contributed by atoms with E-state index in [2.05, 4.69) is 18.8 Å². The molecule has 104 valence electrons. The van der Waals surface area contributed by atoms with E-state index in [-0.39, 0.29) is 11.2 Å². The monoisotopic (exact) mass is 325 g/mol. The molecule has 0 spiro atoms. The van der Waals surface area contributed by atoms with Crippen molar-refractivity contribution in [3.63, 3.8) is 0 Å². The Kier molecular flexibility index (Phi) is 3.39. The molecule has 1 aromatic heterocycles. The number of benzene rings is 1. The Hall–Kier alpha value is -0.900. The van der Waals surface area contributed by atoms with Gasteiger partial charge in [-0.3, -0.25) is 4.79 Å². The van der Waals surface area contributed by atoms with Crippen LogP contribution in [0.1, 0.15) is 35.6 Å². The van der Waals surface area contributed by atoms with Gasteiger partial charge in [-0.15, -0.1) is 11.3 Å². The average molecular weight is 326 g/mol. The number of halogens is 2. The van der Waals surface area contributed by atoms with Crippen LogP contribution in [0.3, 0.4) is 0 Å². The number of carbonyl (C=O) groups is 1. The minimum Gasteiger partial charge on any atom is -0.293 e. The Labute approximate surface area is 131 Å². The van der Waals surface area contributed by atoms with Crippen LogP contribution < -0.4 is 0 Å². The molecule has 0 amide bonds. The lowest BCUT2D eigenvalue weighted by atomic mass is 9.78. The fraction of sp³-hybridized carbons (Fsp3) is 0.333. The highest BCUT2D eigenvalue weighted by atomic mass is 35.5. The second-order valence-corrected chi connectivity index (χ2v) is 7.70. The van der Waals surface area contributed by atoms with Crippen molar-refractivity contribution >= 4 is 40.3 Å². The van der Waals surface area contributed by atoms with Gasteiger partial charge < -0.3 is 0 Å². The predicted molar refractivity (Wildman–Crippen MR) is 84.0 cm³/mol. The minimum atomic E-state index is -0.0147. The van der Waals surface area contributed by atoms with Crippen LogP contribution in [0.4, 0.5) is 0 Å². The van der Waals surface area contributed by atoms with Crippen molar-refractivity contribution in [3.8, 4) is 10.6 Å². The van der Waals surface area contributed by atoms with Crippen molar-refractivity contribution in [2.24, 2.45) is 5.41 Å². The quantitative estimate of drug-likeness (QED) is 0.714. The van der Waals surface area contributed by atoms with Gasteiger partial charge in [-0.25, -0.2) is 4.98 Å². The number of ketones is 1. The van der Waals surface area contributed by atoms with Crippen molar-refractivity contribution in [3.05, 3.63) is 38.8 Å². The van der Waals surface area contributed by atoms with Crippen LogP contribution in [0.25, 0.3) is 10.6 Å². The molecule has 2 nitrogen and oxygen atoms in total. The van der Waals surface area contributed by atoms with E-state index in [0.717, 1.165) is 27.6 Å². The molecule has 1 aliphatic carbocycles. The average Bonchev–Trinajstić information content (AvgIpc) is 2.70. The summed E-state index contributed by atoms with van der Waals surface area (Å²) in [7, 11) is 0. The molecule has 0 unspecified atom stereocenters. The summed E-state index contributed by atoms with van der Waals surface area (Å²) in [5.41, 5.74) is 1.72. The van der Waals surface area contributed by atoms with E-state index < -0.39 is 0 Å². The number of Topliss-reactive ketones (excluding diaryl/α,β-unsaturated/α-hetero) is 1. The topological polar surface area (TPSA) is 30.0 Å². The summed E-state index contributed by atoms with van der Waals surface area (Å²) in [4.78, 5) is 17.6. The van der Waals surface area contributed by atoms with Gasteiger partial charge in [0.1, 0.15) is 5.01 Å². The first-order chi connectivity index (χ1) is 9.35. The smallest absolute Gasteiger partial charge is 0.175 e. The Morgan fingerprint density at radius 2 is 2.00 bits per heavy atom. The zero-order valence-electron chi connectivity index (χ0n) is 11.2. The molecule has 1 aromatic carbocycles. The van der Waals surface area contributed by atoms with E-state index in [1.165, 1.54) is 11.3 Å². The molecule has 1 aliphatic rings. The number of hydrogen-bond acceptors (Lipinski definition) is 3. The van der Waals surface area contributed by atoms with Gasteiger partial charge in [0.25, 0.3) is 0 Å². The molecule has 1 heterocycles. The van der Waals surface area contributed by atoms with Gasteiger partial charge >= 0.3 is 0 Å². The number of carbonyl (C=O) groups excluding carboxylic acids is 1. The summed E-state index contributed by atoms with van der Waals surface area (Å²) >= 11 is 13.6. The molecular weight excluding hydrogens is 313 g/mol. The highest BCUT2D eigenvalue weighted by Crippen LogP contribution is 2.41. The van der Waals surface area contributed by atoms with E-state index in [9.17, 15) is 4.79 Å². The molecule has 0 radical (unpaired) electrons. The number of nitrogens with zero attached hydrogens (tertiary/aromatic N) is 1. The third kappa shape index (κ3) is 2.50. The number of fused-ring (bicyclic) bond motifs is 1. The lowest BCUT2D eigenvalue weighted by Crippen LogP contribution is -2.25. The van der Waals surface area contributed by atoms with Gasteiger partial charge in [0, 0.05) is 17.0 Å². The van der Waals surface area contributed by atoms with Crippen LogP contribution in [0.2, 0.25) is 10.0 Å². The first-order valence-corrected chi connectivity index (χ1v) is 7.91. The number of aromatic nitrogens is 1. The normalized spacial score (nSPS) is 17.1. The maximum atomic E-state index is 12.2. The number of thiazole rings is 1. The molecule has 0 fully saturated rings. The molecule has 3 rings (SSSR count). The third-order valence-electron chi connectivity index (χ3n) is 3.40. The highest BCUT2D eigenvalue weighted by molar-refractivity contribution is 7.17. The molecule has 0 saturated carbocycles. The van der Waals surface area contributed by atoms with Gasteiger partial charge in [0.05, 0.1) is 15.6 Å². The van der Waals surface area contributed by atoms with Crippen molar-refractivity contribution in [2.45, 2.75) is 26.7 Å². The zero-order valence-corrected chi connectivity index (χ0v) is 13.5. The van der Waals surface area contributed by atoms with Crippen LogP contribution in [0.5, 0.6) is 0 Å². The molecule has 2 aromatic rings. The van der Waals surface area contributed by atoms with E-state index in [0.29, 0.717) is 16.5 Å². The Morgan fingerprint density at radius 3 is 2.70 bits per heavy atom. The first kappa shape index (κ1) is 14.1. The lowest BCUT2D eigenvalue weighted by Gasteiger charge is -2.26. The van der Waals surface area contributed by atoms with Crippen LogP contribution in [0, 0.1) is 5.41 Å². The number of hydrogen-bond donors (Lipinski definition) is 0. The van der Waals surface area contributed by atoms with Crippen molar-refractivity contribution in [1.29, 1.82) is 0 Å². The van der Waals surface area contributed by atoms with Gasteiger partial charge in [0.15, 0.2) is 5.78 Å². The standard InChI is InChI=1S/C15H13Cl2NOS/c1-15(2)6-11-13(12(19)7-15)20-14(18-11)9-4-3-8(16)5-10(9)17/h3-5H,6-7H2,1-2H3. The molecule has 20 heavy (non-hydrogen) atoms. The van der Waals surface area contributed by atoms with E-state index >= 15 is 0 Å². The largest absolute Gasteiger partial charge is 0.293 e. The predicted octanol–water partition coefficient (Wildman–Crippen LogP) is 5.27.